The van der Waals surface area contributed by atoms with E-state index in [4.69, 9.17) is 0 Å². The minimum Gasteiger partial charge on any atom is -0.337 e. The second kappa shape index (κ2) is 7.39. The molecule has 0 N–H and O–H groups in total. The first-order valence-electron chi connectivity index (χ1n) is 9.22. The second-order valence-corrected chi connectivity index (χ2v) is 10.7. The van der Waals surface area contributed by atoms with E-state index in [9.17, 15) is 13.2 Å². The average molecular weight is 410 g/mol. The number of hydrogen-bond acceptors (Lipinski definition) is 5. The van der Waals surface area contributed by atoms with Crippen molar-refractivity contribution in [3.05, 3.63) is 38.3 Å². The normalized spacial score (nSPS) is 18.8. The highest BCUT2D eigenvalue weighted by Crippen LogP contribution is 2.28. The lowest BCUT2D eigenvalue weighted by molar-refractivity contribution is 0.0789. The lowest BCUT2D eigenvalue weighted by Crippen LogP contribution is -2.26. The molecule has 0 aliphatic carbocycles. The molecule has 8 heteroatoms. The predicted molar refractivity (Wildman–Crippen MR) is 108 cm³/mol. The van der Waals surface area contributed by atoms with Crippen molar-refractivity contribution < 1.29 is 13.2 Å². The maximum absolute atomic E-state index is 12.8. The summed E-state index contributed by atoms with van der Waals surface area (Å²) in [4.78, 5) is 16.6. The number of aromatic nitrogens is 2. The third-order valence-electron chi connectivity index (χ3n) is 5.32. The summed E-state index contributed by atoms with van der Waals surface area (Å²) in [5.41, 5.74) is 3.97. The number of sulfone groups is 1. The van der Waals surface area contributed by atoms with Crippen molar-refractivity contribution in [2.75, 3.05) is 18.6 Å². The molecule has 1 fully saturated rings. The highest BCUT2D eigenvalue weighted by molar-refractivity contribution is 7.91. The Kier molecular flexibility index (Phi) is 5.49. The highest BCUT2D eigenvalue weighted by Gasteiger charge is 2.31. The molecule has 3 rings (SSSR count). The first-order chi connectivity index (χ1) is 12.6. The minimum atomic E-state index is -2.96. The van der Waals surface area contributed by atoms with Gasteiger partial charge in [-0.25, -0.2) is 8.42 Å². The van der Waals surface area contributed by atoms with Crippen LogP contribution >= 0.6 is 11.3 Å². The predicted octanol–water partition coefficient (Wildman–Crippen LogP) is 3.06. The molecule has 6 nitrogen and oxygen atoms in total. The molecule has 3 heterocycles. The maximum atomic E-state index is 12.8. The van der Waals surface area contributed by atoms with Crippen LogP contribution in [0.4, 0.5) is 0 Å². The van der Waals surface area contributed by atoms with E-state index < -0.39 is 9.84 Å². The van der Waals surface area contributed by atoms with Gasteiger partial charge in [0, 0.05) is 29.7 Å². The molecule has 0 saturated carbocycles. The van der Waals surface area contributed by atoms with E-state index in [1.165, 1.54) is 10.4 Å². The van der Waals surface area contributed by atoms with Crippen LogP contribution < -0.4 is 0 Å². The molecule has 1 aliphatic heterocycles. The molecular formula is C19H27N3O3S2. The molecule has 0 spiro atoms. The highest BCUT2D eigenvalue weighted by atomic mass is 32.2. The van der Waals surface area contributed by atoms with E-state index in [1.54, 1.807) is 23.3 Å². The fourth-order valence-corrected chi connectivity index (χ4v) is 6.52. The van der Waals surface area contributed by atoms with E-state index >= 15 is 0 Å². The summed E-state index contributed by atoms with van der Waals surface area (Å²) in [5.74, 6) is 0.386. The fourth-order valence-electron chi connectivity index (χ4n) is 3.72. The van der Waals surface area contributed by atoms with Crippen LogP contribution in [-0.4, -0.2) is 47.6 Å². The van der Waals surface area contributed by atoms with Crippen molar-refractivity contribution in [3.8, 4) is 0 Å². The maximum Gasteiger partial charge on any atom is 0.263 e. The fraction of sp³-hybridized carbons (Fsp3) is 0.579. The van der Waals surface area contributed by atoms with Gasteiger partial charge < -0.3 is 4.90 Å². The number of rotatable bonds is 5. The van der Waals surface area contributed by atoms with Crippen LogP contribution in [-0.2, 0) is 22.8 Å². The van der Waals surface area contributed by atoms with Crippen molar-refractivity contribution in [3.63, 3.8) is 0 Å². The van der Waals surface area contributed by atoms with E-state index in [0.29, 0.717) is 13.0 Å². The Morgan fingerprint density at radius 3 is 2.63 bits per heavy atom. The van der Waals surface area contributed by atoms with Gasteiger partial charge in [-0.3, -0.25) is 9.48 Å². The van der Waals surface area contributed by atoms with Crippen LogP contribution in [0, 0.1) is 20.8 Å². The number of carbonyl (C=O) groups excluding carboxylic acids is 1. The van der Waals surface area contributed by atoms with Gasteiger partial charge in [-0.15, -0.1) is 11.3 Å². The van der Waals surface area contributed by atoms with Crippen LogP contribution in [0.15, 0.2) is 6.07 Å². The minimum absolute atomic E-state index is 0.0118. The summed E-state index contributed by atoms with van der Waals surface area (Å²) in [7, 11) is -1.16. The quantitative estimate of drug-likeness (QED) is 0.761. The molecule has 1 atom stereocenters. The van der Waals surface area contributed by atoms with Gasteiger partial charge in [-0.2, -0.15) is 5.10 Å². The van der Waals surface area contributed by atoms with Gasteiger partial charge in [0.1, 0.15) is 0 Å². The molecule has 1 aliphatic rings. The van der Waals surface area contributed by atoms with Gasteiger partial charge in [-0.1, -0.05) is 6.92 Å². The zero-order valence-corrected chi connectivity index (χ0v) is 18.2. The molecule has 0 aromatic carbocycles. The number of thiophene rings is 1. The number of aryl methyl sites for hydroxylation is 3. The largest absolute Gasteiger partial charge is 0.337 e. The second-order valence-electron chi connectivity index (χ2n) is 7.38. The summed E-state index contributed by atoms with van der Waals surface area (Å²) < 4.78 is 25.5. The molecule has 2 aromatic rings. The summed E-state index contributed by atoms with van der Waals surface area (Å²) >= 11 is 1.56. The lowest BCUT2D eigenvalue weighted by Gasteiger charge is -2.17. The number of nitrogens with zero attached hydrogens (tertiary/aromatic N) is 3. The van der Waals surface area contributed by atoms with Gasteiger partial charge in [0.25, 0.3) is 5.91 Å². The molecule has 0 bridgehead atoms. The van der Waals surface area contributed by atoms with Gasteiger partial charge >= 0.3 is 0 Å². The first kappa shape index (κ1) is 20.1. The summed E-state index contributed by atoms with van der Waals surface area (Å²) in [6, 6.07) is 1.87. The lowest BCUT2D eigenvalue weighted by atomic mass is 10.1. The van der Waals surface area contributed by atoms with Gasteiger partial charge in [0.2, 0.25) is 0 Å². The van der Waals surface area contributed by atoms with Crippen LogP contribution in [0.1, 0.15) is 56.4 Å². The third kappa shape index (κ3) is 3.96. The molecule has 27 heavy (non-hydrogen) atoms. The smallest absolute Gasteiger partial charge is 0.263 e. The Morgan fingerprint density at radius 1 is 1.37 bits per heavy atom. The summed E-state index contributed by atoms with van der Waals surface area (Å²) in [5, 5.41) is 4.59. The Balaban J connectivity index is 1.80. The van der Waals surface area contributed by atoms with Gasteiger partial charge in [0.15, 0.2) is 9.84 Å². The van der Waals surface area contributed by atoms with Crippen molar-refractivity contribution >= 4 is 27.1 Å². The van der Waals surface area contributed by atoms with Crippen molar-refractivity contribution in [2.24, 2.45) is 0 Å². The molecule has 1 amide bonds. The average Bonchev–Trinajstić information content (AvgIpc) is 3.24. The SMILES string of the molecule is CCc1sc(C(=O)N(C)Cc2c(C)nn([C@H]3CCS(=O)(=O)C3)c2C)cc1C. The molecular weight excluding hydrogens is 382 g/mol. The Morgan fingerprint density at radius 2 is 2.07 bits per heavy atom. The van der Waals surface area contributed by atoms with Gasteiger partial charge in [-0.05, 0) is 45.2 Å². The Labute approximate surface area is 165 Å². The van der Waals surface area contributed by atoms with Crippen molar-refractivity contribution in [2.45, 2.75) is 53.1 Å². The van der Waals surface area contributed by atoms with Crippen LogP contribution in [0.2, 0.25) is 0 Å². The Bertz CT molecular complexity index is 973. The number of carbonyl (C=O) groups is 1. The zero-order chi connectivity index (χ0) is 19.9. The van der Waals surface area contributed by atoms with Crippen molar-refractivity contribution in [1.82, 2.24) is 14.7 Å². The van der Waals surface area contributed by atoms with E-state index in [1.807, 2.05) is 31.5 Å². The first-order valence-corrected chi connectivity index (χ1v) is 11.9. The molecule has 0 unspecified atom stereocenters. The molecule has 148 valence electrons. The Hall–Kier alpha value is -1.67. The van der Waals surface area contributed by atoms with E-state index in [0.717, 1.165) is 28.2 Å². The van der Waals surface area contributed by atoms with Crippen LogP contribution in [0.5, 0.6) is 0 Å². The standard InChI is InChI=1S/C19H27N3O3S2/c1-6-17-12(2)9-18(26-17)19(23)21(5)10-16-13(3)20-22(14(16)4)15-7-8-27(24,25)11-15/h9,15H,6-8,10-11H2,1-5H3/t15-/m0/s1. The third-order valence-corrected chi connectivity index (χ3v) is 8.44. The molecule has 1 saturated heterocycles. The molecule has 0 radical (unpaired) electrons. The van der Waals surface area contributed by atoms with E-state index in [-0.39, 0.29) is 23.5 Å². The van der Waals surface area contributed by atoms with Crippen LogP contribution in [0.25, 0.3) is 0 Å². The topological polar surface area (TPSA) is 72.3 Å². The van der Waals surface area contributed by atoms with Gasteiger partial charge in [0.05, 0.1) is 28.1 Å². The zero-order valence-electron chi connectivity index (χ0n) is 16.6. The number of amides is 1. The molecule has 2 aromatic heterocycles. The summed E-state index contributed by atoms with van der Waals surface area (Å²) in [6.45, 7) is 8.49. The summed E-state index contributed by atoms with van der Waals surface area (Å²) in [6.07, 6.45) is 1.54. The van der Waals surface area contributed by atoms with Crippen LogP contribution in [0.3, 0.4) is 0 Å². The monoisotopic (exact) mass is 409 g/mol. The van der Waals surface area contributed by atoms with E-state index in [2.05, 4.69) is 12.0 Å². The number of hydrogen-bond donors (Lipinski definition) is 0. The van der Waals surface area contributed by atoms with Crippen molar-refractivity contribution in [1.29, 1.82) is 0 Å².